The predicted molar refractivity (Wildman–Crippen MR) is 141 cm³/mol. The average Bonchev–Trinajstić information content (AvgIpc) is 3.35. The first-order valence-electron chi connectivity index (χ1n) is 11.4. The average molecular weight is 499 g/mol. The maximum atomic E-state index is 13.3. The zero-order valence-corrected chi connectivity index (χ0v) is 20.5. The monoisotopic (exact) mass is 498 g/mol. The summed E-state index contributed by atoms with van der Waals surface area (Å²) in [6.07, 6.45) is 1.66. The predicted octanol–water partition coefficient (Wildman–Crippen LogP) is 4.96. The number of para-hydroxylation sites is 2. The lowest BCUT2D eigenvalue weighted by Gasteiger charge is -2.07. The van der Waals surface area contributed by atoms with Gasteiger partial charge in [0.25, 0.3) is 17.2 Å². The molecule has 2 heterocycles. The molecule has 7 nitrogen and oxygen atoms in total. The van der Waals surface area contributed by atoms with Gasteiger partial charge in [0.05, 0.1) is 16.9 Å². The second-order valence-corrected chi connectivity index (χ2v) is 8.91. The van der Waals surface area contributed by atoms with Gasteiger partial charge in [-0.1, -0.05) is 66.2 Å². The van der Waals surface area contributed by atoms with E-state index >= 15 is 0 Å². The second-order valence-electron chi connectivity index (χ2n) is 8.50. The van der Waals surface area contributed by atoms with Gasteiger partial charge in [0.15, 0.2) is 0 Å². The van der Waals surface area contributed by atoms with Gasteiger partial charge in [-0.2, -0.15) is 0 Å². The zero-order chi connectivity index (χ0) is 25.4. The van der Waals surface area contributed by atoms with Crippen LogP contribution >= 0.6 is 11.6 Å². The Morgan fingerprint density at radius 3 is 2.33 bits per heavy atom. The molecule has 180 valence electrons. The molecule has 0 unspecified atom stereocenters. The number of halogens is 1. The van der Waals surface area contributed by atoms with Crippen molar-refractivity contribution in [3.63, 3.8) is 0 Å². The van der Waals surface area contributed by atoms with Crippen LogP contribution in [0, 0.1) is 6.92 Å². The van der Waals surface area contributed by atoms with Crippen molar-refractivity contribution in [1.82, 2.24) is 13.9 Å². The third-order valence-corrected chi connectivity index (χ3v) is 6.70. The fraction of sp³-hybridized carbons (Fsp3) is 0.107. The Kier molecular flexibility index (Phi) is 6.08. The number of nitrogens with zero attached hydrogens (tertiary/aromatic N) is 3. The number of Topliss-reactive ketones (excluding diaryl/α,β-unsaturated/α-hetero) is 1. The van der Waals surface area contributed by atoms with Crippen molar-refractivity contribution < 1.29 is 9.59 Å². The molecular weight excluding hydrogens is 476 g/mol. The number of carbonyl (C=O) groups excluding carboxylic acids is 2. The summed E-state index contributed by atoms with van der Waals surface area (Å²) >= 11 is 6.35. The third-order valence-electron chi connectivity index (χ3n) is 6.33. The molecule has 0 bridgehead atoms. The Balaban J connectivity index is 1.49. The van der Waals surface area contributed by atoms with Gasteiger partial charge in [0.1, 0.15) is 5.69 Å². The molecule has 0 fully saturated rings. The van der Waals surface area contributed by atoms with Gasteiger partial charge in [-0.25, -0.2) is 4.68 Å². The van der Waals surface area contributed by atoms with E-state index in [0.29, 0.717) is 28.3 Å². The van der Waals surface area contributed by atoms with E-state index in [1.54, 1.807) is 43.0 Å². The quantitative estimate of drug-likeness (QED) is 0.265. The SMILES string of the molecule is Cc1c(NC(=O)C(=O)c2cn(Cc3ccccc3Cl)c3ccccc23)c(=O)n(-c2ccccc2)n1C. The number of aromatic nitrogens is 3. The van der Waals surface area contributed by atoms with Crippen LogP contribution in [-0.4, -0.2) is 25.6 Å². The van der Waals surface area contributed by atoms with E-state index in [0.717, 1.165) is 11.1 Å². The fourth-order valence-corrected chi connectivity index (χ4v) is 4.57. The van der Waals surface area contributed by atoms with Crippen molar-refractivity contribution in [2.24, 2.45) is 7.05 Å². The summed E-state index contributed by atoms with van der Waals surface area (Å²) in [6, 6.07) is 24.0. The molecule has 0 aliphatic carbocycles. The van der Waals surface area contributed by atoms with Crippen LogP contribution in [0.25, 0.3) is 16.6 Å². The molecule has 0 radical (unpaired) electrons. The number of hydrogen-bond donors (Lipinski definition) is 1. The normalized spacial score (nSPS) is 11.1. The fourth-order valence-electron chi connectivity index (χ4n) is 4.37. The summed E-state index contributed by atoms with van der Waals surface area (Å²) in [5, 5.41) is 3.84. The molecule has 0 spiro atoms. The molecular formula is C28H23ClN4O3. The lowest BCUT2D eigenvalue weighted by Crippen LogP contribution is -2.27. The summed E-state index contributed by atoms with van der Waals surface area (Å²) in [5.74, 6) is -1.60. The minimum atomic E-state index is -0.873. The largest absolute Gasteiger partial charge is 0.342 e. The molecule has 0 saturated carbocycles. The smallest absolute Gasteiger partial charge is 0.297 e. The lowest BCUT2D eigenvalue weighted by atomic mass is 10.1. The number of carbonyl (C=O) groups is 2. The Hall–Kier alpha value is -4.36. The zero-order valence-electron chi connectivity index (χ0n) is 19.7. The van der Waals surface area contributed by atoms with Crippen LogP contribution in [0.2, 0.25) is 5.02 Å². The van der Waals surface area contributed by atoms with E-state index in [1.165, 1.54) is 4.68 Å². The number of hydrogen-bond acceptors (Lipinski definition) is 3. The summed E-state index contributed by atoms with van der Waals surface area (Å²) in [5.41, 5.74) is 2.80. The number of benzene rings is 3. The van der Waals surface area contributed by atoms with Gasteiger partial charge in [-0.15, -0.1) is 0 Å². The molecule has 1 N–H and O–H groups in total. The molecule has 0 aliphatic rings. The highest BCUT2D eigenvalue weighted by molar-refractivity contribution is 6.48. The first kappa shape index (κ1) is 23.4. The Morgan fingerprint density at radius 2 is 1.58 bits per heavy atom. The van der Waals surface area contributed by atoms with Crippen LogP contribution < -0.4 is 10.9 Å². The van der Waals surface area contributed by atoms with E-state index in [-0.39, 0.29) is 11.3 Å². The Labute approximate surface area is 212 Å². The van der Waals surface area contributed by atoms with Crippen molar-refractivity contribution in [2.75, 3.05) is 5.32 Å². The number of ketones is 1. The highest BCUT2D eigenvalue weighted by Gasteiger charge is 2.25. The molecule has 0 atom stereocenters. The summed E-state index contributed by atoms with van der Waals surface area (Å²) in [7, 11) is 1.73. The van der Waals surface area contributed by atoms with E-state index in [2.05, 4.69) is 5.32 Å². The highest BCUT2D eigenvalue weighted by Crippen LogP contribution is 2.25. The number of amides is 1. The molecule has 1 amide bonds. The van der Waals surface area contributed by atoms with Crippen LogP contribution in [0.5, 0.6) is 0 Å². The molecule has 5 rings (SSSR count). The Morgan fingerprint density at radius 1 is 0.917 bits per heavy atom. The van der Waals surface area contributed by atoms with E-state index in [4.69, 9.17) is 11.6 Å². The maximum absolute atomic E-state index is 13.3. The van der Waals surface area contributed by atoms with Crippen LogP contribution in [0.1, 0.15) is 21.6 Å². The molecule has 0 aliphatic heterocycles. The number of fused-ring (bicyclic) bond motifs is 1. The van der Waals surface area contributed by atoms with E-state index in [9.17, 15) is 14.4 Å². The van der Waals surface area contributed by atoms with Gasteiger partial charge in [0, 0.05) is 35.7 Å². The van der Waals surface area contributed by atoms with Crippen LogP contribution in [0.3, 0.4) is 0 Å². The minimum Gasteiger partial charge on any atom is -0.342 e. The number of rotatable bonds is 6. The van der Waals surface area contributed by atoms with Crippen molar-refractivity contribution in [1.29, 1.82) is 0 Å². The highest BCUT2D eigenvalue weighted by atomic mass is 35.5. The molecule has 0 saturated heterocycles. The first-order valence-corrected chi connectivity index (χ1v) is 11.8. The number of anilines is 1. The Bertz CT molecular complexity index is 1680. The summed E-state index contributed by atoms with van der Waals surface area (Å²) in [6.45, 7) is 2.16. The molecule has 5 aromatic rings. The second kappa shape index (κ2) is 9.36. The van der Waals surface area contributed by atoms with Crippen LogP contribution in [-0.2, 0) is 18.4 Å². The minimum absolute atomic E-state index is 0.0690. The lowest BCUT2D eigenvalue weighted by molar-refractivity contribution is -0.112. The standard InChI is InChI=1S/C28H23ClN4O3/c1-18-25(28(36)33(31(18)2)20-11-4-3-5-12-20)30-27(35)26(34)22-17-32(24-15-9-7-13-21(22)24)16-19-10-6-8-14-23(19)29/h3-15,17H,16H2,1-2H3,(H,30,35). The molecule has 36 heavy (non-hydrogen) atoms. The van der Waals surface area contributed by atoms with Crippen molar-refractivity contribution in [2.45, 2.75) is 13.5 Å². The molecule has 3 aromatic carbocycles. The van der Waals surface area contributed by atoms with Crippen LogP contribution in [0.4, 0.5) is 5.69 Å². The summed E-state index contributed by atoms with van der Waals surface area (Å²) < 4.78 is 4.99. The van der Waals surface area contributed by atoms with E-state index < -0.39 is 17.2 Å². The molecule has 8 heteroatoms. The molecule has 2 aromatic heterocycles. The van der Waals surface area contributed by atoms with Crippen molar-refractivity contribution >= 4 is 39.9 Å². The van der Waals surface area contributed by atoms with E-state index in [1.807, 2.05) is 65.2 Å². The van der Waals surface area contributed by atoms with Crippen molar-refractivity contribution in [3.8, 4) is 5.69 Å². The third kappa shape index (κ3) is 4.03. The van der Waals surface area contributed by atoms with Gasteiger partial charge >= 0.3 is 0 Å². The number of nitrogens with one attached hydrogen (secondary N) is 1. The van der Waals surface area contributed by atoms with Crippen LogP contribution in [0.15, 0.2) is 89.9 Å². The van der Waals surface area contributed by atoms with Gasteiger partial charge in [-0.05, 0) is 36.8 Å². The van der Waals surface area contributed by atoms with Gasteiger partial charge in [-0.3, -0.25) is 19.1 Å². The van der Waals surface area contributed by atoms with Crippen molar-refractivity contribution in [3.05, 3.63) is 117 Å². The van der Waals surface area contributed by atoms with Gasteiger partial charge < -0.3 is 9.88 Å². The maximum Gasteiger partial charge on any atom is 0.297 e. The first-order chi connectivity index (χ1) is 17.4. The van der Waals surface area contributed by atoms with Gasteiger partial charge in [0.2, 0.25) is 0 Å². The summed E-state index contributed by atoms with van der Waals surface area (Å²) in [4.78, 5) is 39.6. The topological polar surface area (TPSA) is 78.0 Å².